The minimum atomic E-state index is -0.255. The number of amides is 1. The van der Waals surface area contributed by atoms with Crippen molar-refractivity contribution >= 4 is 29.1 Å². The van der Waals surface area contributed by atoms with Crippen molar-refractivity contribution in [2.24, 2.45) is 0 Å². The van der Waals surface area contributed by atoms with Gasteiger partial charge in [-0.2, -0.15) is 0 Å². The lowest BCUT2D eigenvalue weighted by Crippen LogP contribution is -2.23. The van der Waals surface area contributed by atoms with Crippen LogP contribution in [0.5, 0.6) is 5.75 Å². The highest BCUT2D eigenvalue weighted by atomic mass is 35.5. The number of ether oxygens (including phenoxy) is 1. The number of benzene rings is 2. The maximum absolute atomic E-state index is 12.3. The average molecular weight is 383 g/mol. The molecule has 3 rings (SSSR count). The zero-order valence-electron chi connectivity index (χ0n) is 15.0. The number of aryl methyl sites for hydroxylation is 1. The third kappa shape index (κ3) is 4.74. The fourth-order valence-electron chi connectivity index (χ4n) is 2.52. The van der Waals surface area contributed by atoms with E-state index in [9.17, 15) is 4.79 Å². The molecule has 3 aromatic rings. The quantitative estimate of drug-likeness (QED) is 0.670. The fourth-order valence-corrected chi connectivity index (χ4v) is 2.75. The van der Waals surface area contributed by atoms with Crippen molar-refractivity contribution in [1.82, 2.24) is 15.3 Å². The maximum atomic E-state index is 12.3. The topological polar surface area (TPSA) is 76.1 Å². The van der Waals surface area contributed by atoms with E-state index < -0.39 is 0 Å². The highest BCUT2D eigenvalue weighted by Gasteiger charge is 2.09. The molecule has 6 nitrogen and oxygen atoms in total. The Morgan fingerprint density at radius 1 is 1.15 bits per heavy atom. The predicted molar refractivity (Wildman–Crippen MR) is 106 cm³/mol. The number of anilines is 2. The summed E-state index contributed by atoms with van der Waals surface area (Å²) in [5, 5.41) is 6.62. The molecular weight excluding hydrogens is 364 g/mol. The molecular formula is C20H19ClN4O2. The number of nitrogens with zero attached hydrogens (tertiary/aromatic N) is 2. The molecule has 2 aromatic carbocycles. The summed E-state index contributed by atoms with van der Waals surface area (Å²) in [5.74, 6) is 0.878. The van der Waals surface area contributed by atoms with E-state index in [0.717, 1.165) is 22.6 Å². The van der Waals surface area contributed by atoms with Gasteiger partial charge in [0.15, 0.2) is 0 Å². The second-order valence-corrected chi connectivity index (χ2v) is 6.31. The normalized spacial score (nSPS) is 10.3. The van der Waals surface area contributed by atoms with Crippen molar-refractivity contribution in [1.29, 1.82) is 0 Å². The van der Waals surface area contributed by atoms with Gasteiger partial charge in [-0.15, -0.1) is 0 Å². The minimum Gasteiger partial charge on any atom is -0.496 e. The van der Waals surface area contributed by atoms with Gasteiger partial charge < -0.3 is 15.4 Å². The number of hydrogen-bond donors (Lipinski definition) is 2. The number of carbonyl (C=O) groups excluding carboxylic acids is 1. The van der Waals surface area contributed by atoms with Crippen LogP contribution >= 0.6 is 11.6 Å². The number of aromatic nitrogens is 2. The molecule has 0 spiro atoms. The van der Waals surface area contributed by atoms with E-state index in [1.54, 1.807) is 13.2 Å². The van der Waals surface area contributed by atoms with E-state index in [2.05, 4.69) is 20.6 Å². The molecule has 0 saturated carbocycles. The average Bonchev–Trinajstić information content (AvgIpc) is 2.69. The van der Waals surface area contributed by atoms with Gasteiger partial charge in [0.05, 0.1) is 12.7 Å². The summed E-state index contributed by atoms with van der Waals surface area (Å²) >= 11 is 5.96. The Morgan fingerprint density at radius 2 is 1.89 bits per heavy atom. The van der Waals surface area contributed by atoms with Crippen molar-refractivity contribution in [2.75, 3.05) is 12.4 Å². The van der Waals surface area contributed by atoms with Crippen molar-refractivity contribution < 1.29 is 9.53 Å². The first-order valence-electron chi connectivity index (χ1n) is 8.32. The van der Waals surface area contributed by atoms with Gasteiger partial charge in [0, 0.05) is 35.2 Å². The second-order valence-electron chi connectivity index (χ2n) is 5.87. The molecule has 0 radical (unpaired) electrons. The van der Waals surface area contributed by atoms with Crippen molar-refractivity contribution in [3.8, 4) is 5.75 Å². The molecule has 0 fully saturated rings. The lowest BCUT2D eigenvalue weighted by atomic mass is 10.2. The van der Waals surface area contributed by atoms with Crippen LogP contribution in [0.3, 0.4) is 0 Å². The first-order valence-corrected chi connectivity index (χ1v) is 8.70. The van der Waals surface area contributed by atoms with Crippen LogP contribution in [-0.4, -0.2) is 23.0 Å². The third-order valence-electron chi connectivity index (χ3n) is 3.98. The molecule has 0 saturated heterocycles. The van der Waals surface area contributed by atoms with Gasteiger partial charge >= 0.3 is 0 Å². The van der Waals surface area contributed by atoms with Crippen LogP contribution in [0.15, 0.2) is 54.9 Å². The third-order valence-corrected chi connectivity index (χ3v) is 4.22. The zero-order valence-corrected chi connectivity index (χ0v) is 15.7. The van der Waals surface area contributed by atoms with Gasteiger partial charge in [-0.25, -0.2) is 9.97 Å². The SMILES string of the molecule is COc1ccccc1CNC(=O)c1cnc(Nc2ccc(Cl)cc2C)nc1. The predicted octanol–water partition coefficient (Wildman–Crippen LogP) is 4.12. The largest absolute Gasteiger partial charge is 0.496 e. The van der Waals surface area contributed by atoms with Gasteiger partial charge in [-0.1, -0.05) is 29.8 Å². The Labute approximate surface area is 162 Å². The van der Waals surface area contributed by atoms with Crippen LogP contribution in [0.2, 0.25) is 5.02 Å². The second kappa shape index (κ2) is 8.51. The minimum absolute atomic E-state index is 0.255. The smallest absolute Gasteiger partial charge is 0.254 e. The molecule has 0 aliphatic heterocycles. The van der Waals surface area contributed by atoms with E-state index in [1.165, 1.54) is 12.4 Å². The highest BCUT2D eigenvalue weighted by Crippen LogP contribution is 2.22. The monoisotopic (exact) mass is 382 g/mol. The Kier molecular flexibility index (Phi) is 5.88. The van der Waals surface area contributed by atoms with Crippen molar-refractivity contribution in [2.45, 2.75) is 13.5 Å². The number of rotatable bonds is 6. The Hall–Kier alpha value is -3.12. The lowest BCUT2D eigenvalue weighted by molar-refractivity contribution is 0.0950. The Morgan fingerprint density at radius 3 is 2.59 bits per heavy atom. The van der Waals surface area contributed by atoms with Gasteiger partial charge in [0.25, 0.3) is 5.91 Å². The number of methoxy groups -OCH3 is 1. The summed E-state index contributed by atoms with van der Waals surface area (Å²) in [7, 11) is 1.60. The summed E-state index contributed by atoms with van der Waals surface area (Å²) in [6.45, 7) is 2.29. The first-order chi connectivity index (χ1) is 13.1. The van der Waals surface area contributed by atoms with Gasteiger partial charge in [0.2, 0.25) is 5.95 Å². The molecule has 0 aliphatic rings. The molecule has 2 N–H and O–H groups in total. The van der Waals surface area contributed by atoms with E-state index in [-0.39, 0.29) is 5.91 Å². The Balaban J connectivity index is 1.63. The van der Waals surface area contributed by atoms with Gasteiger partial charge in [-0.05, 0) is 36.8 Å². The summed E-state index contributed by atoms with van der Waals surface area (Å²) in [4.78, 5) is 20.7. The van der Waals surface area contributed by atoms with Gasteiger partial charge in [0.1, 0.15) is 5.75 Å². The van der Waals surface area contributed by atoms with E-state index in [1.807, 2.05) is 43.3 Å². The first kappa shape index (κ1) is 18.7. The van der Waals surface area contributed by atoms with Crippen LogP contribution in [0.25, 0.3) is 0 Å². The highest BCUT2D eigenvalue weighted by molar-refractivity contribution is 6.30. The summed E-state index contributed by atoms with van der Waals surface area (Å²) in [6, 6.07) is 13.0. The van der Waals surface area contributed by atoms with Crippen LogP contribution in [-0.2, 0) is 6.54 Å². The lowest BCUT2D eigenvalue weighted by Gasteiger charge is -2.10. The molecule has 0 aliphatic carbocycles. The molecule has 27 heavy (non-hydrogen) atoms. The van der Waals surface area contributed by atoms with Crippen LogP contribution < -0.4 is 15.4 Å². The van der Waals surface area contributed by atoms with Crippen LogP contribution in [0, 0.1) is 6.92 Å². The number of carbonyl (C=O) groups is 1. The molecule has 7 heteroatoms. The molecule has 1 heterocycles. The number of nitrogens with one attached hydrogen (secondary N) is 2. The summed E-state index contributed by atoms with van der Waals surface area (Å²) < 4.78 is 5.28. The maximum Gasteiger partial charge on any atom is 0.254 e. The van der Waals surface area contributed by atoms with E-state index in [0.29, 0.717) is 23.1 Å². The molecule has 0 atom stereocenters. The number of halogens is 1. The Bertz CT molecular complexity index is 945. The van der Waals surface area contributed by atoms with E-state index in [4.69, 9.17) is 16.3 Å². The summed E-state index contributed by atoms with van der Waals surface area (Å²) in [6.07, 6.45) is 2.97. The molecule has 1 amide bonds. The number of hydrogen-bond acceptors (Lipinski definition) is 5. The van der Waals surface area contributed by atoms with Crippen molar-refractivity contribution in [3.63, 3.8) is 0 Å². The fraction of sp³-hybridized carbons (Fsp3) is 0.150. The van der Waals surface area contributed by atoms with Crippen LogP contribution in [0.1, 0.15) is 21.5 Å². The van der Waals surface area contributed by atoms with Crippen LogP contribution in [0.4, 0.5) is 11.6 Å². The van der Waals surface area contributed by atoms with E-state index >= 15 is 0 Å². The summed E-state index contributed by atoms with van der Waals surface area (Å²) in [5.41, 5.74) is 3.10. The zero-order chi connectivity index (χ0) is 19.2. The molecule has 1 aromatic heterocycles. The van der Waals surface area contributed by atoms with Gasteiger partial charge in [-0.3, -0.25) is 4.79 Å². The number of para-hydroxylation sites is 1. The van der Waals surface area contributed by atoms with Crippen molar-refractivity contribution in [3.05, 3.63) is 76.6 Å². The standard InChI is InChI=1S/C20H19ClN4O2/c1-13-9-16(21)7-8-17(13)25-20-23-11-15(12-24-20)19(26)22-10-14-5-3-4-6-18(14)27-2/h3-9,11-12H,10H2,1-2H3,(H,22,26)(H,23,24,25). The molecule has 0 bridgehead atoms. The molecule has 0 unspecified atom stereocenters. The molecule has 138 valence electrons.